The molecule has 1 aromatic heterocycles. The molecule has 0 spiro atoms. The van der Waals surface area contributed by atoms with Gasteiger partial charge in [-0.15, -0.1) is 0 Å². The zero-order chi connectivity index (χ0) is 17.4. The van der Waals surface area contributed by atoms with Crippen LogP contribution in [-0.2, 0) is 4.79 Å². The first-order chi connectivity index (χ1) is 12.1. The highest BCUT2D eigenvalue weighted by molar-refractivity contribution is 5.89. The lowest BCUT2D eigenvalue weighted by Gasteiger charge is -2.18. The van der Waals surface area contributed by atoms with Crippen molar-refractivity contribution in [3.05, 3.63) is 30.0 Å². The van der Waals surface area contributed by atoms with Gasteiger partial charge in [-0.3, -0.25) is 4.79 Å². The number of benzene rings is 1. The van der Waals surface area contributed by atoms with Crippen molar-refractivity contribution in [2.75, 3.05) is 19.7 Å². The lowest BCUT2D eigenvalue weighted by Crippen LogP contribution is -2.30. The third-order valence-electron chi connectivity index (χ3n) is 5.35. The van der Waals surface area contributed by atoms with Gasteiger partial charge in [0.1, 0.15) is 5.75 Å². The molecule has 3 atom stereocenters. The maximum Gasteiger partial charge on any atom is 0.221 e. The number of pyridine rings is 1. The average Bonchev–Trinajstić information content (AvgIpc) is 3.14. The van der Waals surface area contributed by atoms with Crippen LogP contribution >= 0.6 is 0 Å². The molecule has 3 unspecified atom stereocenters. The second-order valence-corrected chi connectivity index (χ2v) is 7.18. The highest BCUT2D eigenvalue weighted by atomic mass is 16.5. The van der Waals surface area contributed by atoms with Crippen LogP contribution in [0.3, 0.4) is 0 Å². The molecular weight excluding hydrogens is 318 g/mol. The molecule has 25 heavy (non-hydrogen) atoms. The number of nitrogens with one attached hydrogen (secondary N) is 2. The van der Waals surface area contributed by atoms with Gasteiger partial charge in [-0.25, -0.2) is 4.98 Å². The summed E-state index contributed by atoms with van der Waals surface area (Å²) in [6, 6.07) is 5.98. The van der Waals surface area contributed by atoms with Crippen molar-refractivity contribution in [2.45, 2.75) is 26.5 Å². The highest BCUT2D eigenvalue weighted by Gasteiger charge is 2.57. The van der Waals surface area contributed by atoms with Crippen LogP contribution in [0.15, 0.2) is 24.4 Å². The van der Waals surface area contributed by atoms with Gasteiger partial charge >= 0.3 is 0 Å². The molecule has 1 aromatic carbocycles. The lowest BCUT2D eigenvalue weighted by molar-refractivity contribution is -0.111. The van der Waals surface area contributed by atoms with Crippen molar-refractivity contribution in [1.29, 1.82) is 0 Å². The van der Waals surface area contributed by atoms with Gasteiger partial charge in [-0.2, -0.15) is 0 Å². The molecule has 132 valence electrons. The summed E-state index contributed by atoms with van der Waals surface area (Å²) < 4.78 is 11.9. The summed E-state index contributed by atoms with van der Waals surface area (Å²) in [5.41, 5.74) is 1.31. The third-order valence-corrected chi connectivity index (χ3v) is 5.35. The molecule has 2 aromatic rings. The molecule has 1 aliphatic carbocycles. The molecule has 0 bridgehead atoms. The van der Waals surface area contributed by atoms with Gasteiger partial charge in [0.15, 0.2) is 6.23 Å². The van der Waals surface area contributed by atoms with E-state index in [0.717, 1.165) is 41.1 Å². The van der Waals surface area contributed by atoms with Gasteiger partial charge in [0.05, 0.1) is 6.61 Å². The summed E-state index contributed by atoms with van der Waals surface area (Å²) in [4.78, 5) is 15.0. The van der Waals surface area contributed by atoms with Crippen molar-refractivity contribution in [3.63, 3.8) is 0 Å². The summed E-state index contributed by atoms with van der Waals surface area (Å²) in [6.07, 6.45) is 3.26. The Morgan fingerprint density at radius 3 is 3.12 bits per heavy atom. The minimum Gasteiger partial charge on any atom is -0.477 e. The fraction of sp³-hybridized carbons (Fsp3) is 0.474. The van der Waals surface area contributed by atoms with E-state index in [2.05, 4.69) is 21.7 Å². The standard InChI is InChI=1S/C19H23N3O3/c1-12-5-14-3-4-21-18(24-10-19-7-15(19)8-20-9-19)16(14)6-17(12)25-13(2)22-11-23/h3-6,11,13,15,20H,7-10H2,1-2H3,(H,22,23). The van der Waals surface area contributed by atoms with Crippen LogP contribution in [0.5, 0.6) is 11.6 Å². The van der Waals surface area contributed by atoms with Crippen molar-refractivity contribution >= 4 is 17.2 Å². The second kappa shape index (κ2) is 6.19. The zero-order valence-corrected chi connectivity index (χ0v) is 14.5. The number of carbonyl (C=O) groups excluding carboxylic acids is 1. The predicted molar refractivity (Wildman–Crippen MR) is 94.7 cm³/mol. The number of hydrogen-bond donors (Lipinski definition) is 2. The van der Waals surface area contributed by atoms with E-state index in [1.54, 1.807) is 13.1 Å². The van der Waals surface area contributed by atoms with Crippen LogP contribution in [0.1, 0.15) is 18.9 Å². The lowest BCUT2D eigenvalue weighted by atomic mass is 10.1. The molecule has 1 aliphatic heterocycles. The number of carbonyl (C=O) groups is 1. The Morgan fingerprint density at radius 2 is 2.40 bits per heavy atom. The first kappa shape index (κ1) is 16.1. The molecule has 0 radical (unpaired) electrons. The van der Waals surface area contributed by atoms with Crippen LogP contribution < -0.4 is 20.1 Å². The second-order valence-electron chi connectivity index (χ2n) is 7.18. The number of fused-ring (bicyclic) bond motifs is 2. The summed E-state index contributed by atoms with van der Waals surface area (Å²) in [7, 11) is 0. The van der Waals surface area contributed by atoms with E-state index in [4.69, 9.17) is 9.47 Å². The van der Waals surface area contributed by atoms with E-state index >= 15 is 0 Å². The number of nitrogens with zero attached hydrogens (tertiary/aromatic N) is 1. The van der Waals surface area contributed by atoms with Crippen molar-refractivity contribution < 1.29 is 14.3 Å². The number of piperidine rings is 1. The molecule has 2 aliphatic rings. The van der Waals surface area contributed by atoms with Crippen molar-refractivity contribution in [2.24, 2.45) is 11.3 Å². The Hall–Kier alpha value is -2.34. The molecule has 2 fully saturated rings. The summed E-state index contributed by atoms with van der Waals surface area (Å²) in [6.45, 7) is 6.61. The highest BCUT2D eigenvalue weighted by Crippen LogP contribution is 2.55. The summed E-state index contributed by atoms with van der Waals surface area (Å²) in [5, 5.41) is 8.03. The maximum atomic E-state index is 10.6. The number of rotatable bonds is 7. The topological polar surface area (TPSA) is 72.5 Å². The van der Waals surface area contributed by atoms with Crippen molar-refractivity contribution in [1.82, 2.24) is 15.6 Å². The molecule has 2 heterocycles. The largest absolute Gasteiger partial charge is 0.477 e. The van der Waals surface area contributed by atoms with Crippen LogP contribution in [0.25, 0.3) is 10.8 Å². The fourth-order valence-corrected chi connectivity index (χ4v) is 3.72. The Balaban J connectivity index is 1.59. The molecule has 1 saturated heterocycles. The van der Waals surface area contributed by atoms with Crippen LogP contribution in [-0.4, -0.2) is 37.3 Å². The molecule has 6 heteroatoms. The average molecular weight is 341 g/mol. The summed E-state index contributed by atoms with van der Waals surface area (Å²) >= 11 is 0. The van der Waals surface area contributed by atoms with Crippen LogP contribution in [0, 0.1) is 18.3 Å². The van der Waals surface area contributed by atoms with E-state index < -0.39 is 6.23 Å². The van der Waals surface area contributed by atoms with Crippen LogP contribution in [0.2, 0.25) is 0 Å². The number of amides is 1. The van der Waals surface area contributed by atoms with Gasteiger partial charge in [-0.1, -0.05) is 0 Å². The maximum absolute atomic E-state index is 10.6. The van der Waals surface area contributed by atoms with Crippen molar-refractivity contribution in [3.8, 4) is 11.6 Å². The van der Waals surface area contributed by atoms with Gasteiger partial charge in [0, 0.05) is 23.5 Å². The van der Waals surface area contributed by atoms with Gasteiger partial charge in [0.2, 0.25) is 12.3 Å². The minimum absolute atomic E-state index is 0.302. The van der Waals surface area contributed by atoms with E-state index in [1.807, 2.05) is 19.1 Å². The Kier molecular flexibility index (Phi) is 4.00. The Morgan fingerprint density at radius 1 is 1.52 bits per heavy atom. The van der Waals surface area contributed by atoms with Gasteiger partial charge < -0.3 is 20.1 Å². The molecule has 1 amide bonds. The van der Waals surface area contributed by atoms with E-state index in [1.165, 1.54) is 6.42 Å². The predicted octanol–water partition coefficient (Wildman–Crippen LogP) is 2.00. The zero-order valence-electron chi connectivity index (χ0n) is 14.5. The monoisotopic (exact) mass is 341 g/mol. The molecule has 6 nitrogen and oxygen atoms in total. The normalized spacial score (nSPS) is 25.3. The van der Waals surface area contributed by atoms with E-state index in [-0.39, 0.29) is 0 Å². The number of ether oxygens (including phenoxy) is 2. The molecular formula is C19H23N3O3. The number of aromatic nitrogens is 1. The minimum atomic E-state index is -0.398. The van der Waals surface area contributed by atoms with E-state index in [0.29, 0.717) is 24.3 Å². The van der Waals surface area contributed by atoms with Gasteiger partial charge in [0.25, 0.3) is 0 Å². The molecule has 4 rings (SSSR count). The smallest absolute Gasteiger partial charge is 0.221 e. The third kappa shape index (κ3) is 3.02. The number of aryl methyl sites for hydroxylation is 1. The Bertz CT molecular complexity index is 810. The SMILES string of the molecule is Cc1cc2ccnc(OCC34CNCC3C4)c2cc1OC(C)NC=O. The summed E-state index contributed by atoms with van der Waals surface area (Å²) in [5.74, 6) is 2.11. The first-order valence-corrected chi connectivity index (χ1v) is 8.70. The molecule has 1 saturated carbocycles. The fourth-order valence-electron chi connectivity index (χ4n) is 3.72. The van der Waals surface area contributed by atoms with Crippen LogP contribution in [0.4, 0.5) is 0 Å². The first-order valence-electron chi connectivity index (χ1n) is 8.70. The Labute approximate surface area is 146 Å². The molecule has 2 N–H and O–H groups in total. The van der Waals surface area contributed by atoms with E-state index in [9.17, 15) is 4.79 Å². The number of hydrogen-bond acceptors (Lipinski definition) is 5. The van der Waals surface area contributed by atoms with Gasteiger partial charge in [-0.05, 0) is 61.9 Å². The quantitative estimate of drug-likeness (QED) is 0.595.